The monoisotopic (exact) mass is 466 g/mol. The third-order valence-corrected chi connectivity index (χ3v) is 7.74. The summed E-state index contributed by atoms with van der Waals surface area (Å²) in [4.78, 5) is 25.5. The molecule has 1 amide bonds. The number of esters is 1. The lowest BCUT2D eigenvalue weighted by atomic mass is 10.2. The van der Waals surface area contributed by atoms with Crippen molar-refractivity contribution >= 4 is 33.2 Å². The molecule has 0 radical (unpaired) electrons. The molecule has 10 heteroatoms. The highest BCUT2D eigenvalue weighted by Crippen LogP contribution is 2.26. The van der Waals surface area contributed by atoms with Gasteiger partial charge in [0.15, 0.2) is 6.61 Å². The van der Waals surface area contributed by atoms with E-state index in [2.05, 4.69) is 5.32 Å². The van der Waals surface area contributed by atoms with Crippen LogP contribution in [0.15, 0.2) is 40.6 Å². The second-order valence-corrected chi connectivity index (χ2v) is 10.1. The van der Waals surface area contributed by atoms with Crippen LogP contribution < -0.4 is 10.1 Å². The number of carbonyl (C=O) groups excluding carboxylic acids is 2. The molecule has 2 heterocycles. The standard InChI is InChI=1S/C21H26N2O6S2/c1-28-19-9-8-17(31(26,27)23-10-4-2-3-5-11-23)13-18(19)21(25)29-15-20(24)22-14-16-7-6-12-30-16/h6-9,12-13H,2-5,10-11,14-15H2,1H3,(H,22,24). The van der Waals surface area contributed by atoms with Crippen molar-refractivity contribution < 1.29 is 27.5 Å². The number of ether oxygens (including phenoxy) is 2. The molecule has 1 N–H and O–H groups in total. The van der Waals surface area contributed by atoms with Crippen LogP contribution in [0.1, 0.15) is 40.9 Å². The summed E-state index contributed by atoms with van der Waals surface area (Å²) in [6.45, 7) is 0.786. The Kier molecular flexibility index (Phi) is 8.05. The number of sulfonamides is 1. The Morgan fingerprint density at radius 2 is 1.87 bits per heavy atom. The number of hydrogen-bond donors (Lipinski definition) is 1. The highest BCUT2D eigenvalue weighted by molar-refractivity contribution is 7.89. The minimum absolute atomic E-state index is 0.00398. The summed E-state index contributed by atoms with van der Waals surface area (Å²) in [5.74, 6) is -1.09. The third kappa shape index (κ3) is 6.05. The summed E-state index contributed by atoms with van der Waals surface area (Å²) in [6, 6.07) is 7.87. The Labute approximate surface area is 186 Å². The largest absolute Gasteiger partial charge is 0.496 e. The topological polar surface area (TPSA) is 102 Å². The number of nitrogens with one attached hydrogen (secondary N) is 1. The molecule has 1 aromatic carbocycles. The van der Waals surface area contributed by atoms with E-state index in [4.69, 9.17) is 9.47 Å². The number of hydrogen-bond acceptors (Lipinski definition) is 7. The van der Waals surface area contributed by atoms with Crippen LogP contribution in [0.2, 0.25) is 0 Å². The van der Waals surface area contributed by atoms with E-state index in [0.29, 0.717) is 19.6 Å². The molecule has 1 saturated heterocycles. The molecular weight excluding hydrogens is 440 g/mol. The summed E-state index contributed by atoms with van der Waals surface area (Å²) >= 11 is 1.51. The van der Waals surface area contributed by atoms with Crippen molar-refractivity contribution in [2.75, 3.05) is 26.8 Å². The van der Waals surface area contributed by atoms with Crippen molar-refractivity contribution in [1.29, 1.82) is 0 Å². The molecule has 8 nitrogen and oxygen atoms in total. The number of carbonyl (C=O) groups is 2. The Morgan fingerprint density at radius 1 is 1.13 bits per heavy atom. The molecule has 2 aromatic rings. The van der Waals surface area contributed by atoms with Gasteiger partial charge in [-0.15, -0.1) is 11.3 Å². The Bertz CT molecular complexity index is 997. The van der Waals surface area contributed by atoms with Gasteiger partial charge in [0.05, 0.1) is 18.6 Å². The van der Waals surface area contributed by atoms with Gasteiger partial charge in [0.25, 0.3) is 5.91 Å². The van der Waals surface area contributed by atoms with Gasteiger partial charge in [0, 0.05) is 18.0 Å². The average Bonchev–Trinajstić information content (AvgIpc) is 3.14. The smallest absolute Gasteiger partial charge is 0.342 e. The quantitative estimate of drug-likeness (QED) is 0.600. The number of thiophene rings is 1. The van der Waals surface area contributed by atoms with Crippen LogP contribution in [-0.4, -0.2) is 51.4 Å². The minimum Gasteiger partial charge on any atom is -0.496 e. The summed E-state index contributed by atoms with van der Waals surface area (Å²) < 4.78 is 37.8. The van der Waals surface area contributed by atoms with Crippen molar-refractivity contribution in [3.8, 4) is 5.75 Å². The second-order valence-electron chi connectivity index (χ2n) is 7.11. The van der Waals surface area contributed by atoms with Gasteiger partial charge in [-0.3, -0.25) is 4.79 Å². The third-order valence-electron chi connectivity index (χ3n) is 4.97. The highest BCUT2D eigenvalue weighted by atomic mass is 32.2. The molecule has 0 unspecified atom stereocenters. The van der Waals surface area contributed by atoms with Crippen molar-refractivity contribution in [3.63, 3.8) is 0 Å². The Balaban J connectivity index is 1.69. The van der Waals surface area contributed by atoms with Crippen molar-refractivity contribution in [2.24, 2.45) is 0 Å². The molecule has 1 aromatic heterocycles. The molecule has 31 heavy (non-hydrogen) atoms. The molecule has 0 saturated carbocycles. The predicted molar refractivity (Wildman–Crippen MR) is 117 cm³/mol. The van der Waals surface area contributed by atoms with Crippen LogP contribution in [0, 0.1) is 0 Å². The predicted octanol–water partition coefficient (Wildman–Crippen LogP) is 2.79. The maximum Gasteiger partial charge on any atom is 0.342 e. The van der Waals surface area contributed by atoms with E-state index in [1.165, 1.54) is 41.0 Å². The molecule has 0 aliphatic carbocycles. The zero-order chi connectivity index (χ0) is 22.3. The first-order valence-electron chi connectivity index (χ1n) is 10.1. The first-order chi connectivity index (χ1) is 14.9. The molecule has 168 valence electrons. The molecule has 1 fully saturated rings. The maximum atomic E-state index is 13.0. The van der Waals surface area contributed by atoms with E-state index < -0.39 is 28.5 Å². The van der Waals surface area contributed by atoms with Crippen LogP contribution in [0.4, 0.5) is 0 Å². The molecule has 1 aliphatic rings. The fourth-order valence-electron chi connectivity index (χ4n) is 3.30. The van der Waals surface area contributed by atoms with E-state index in [-0.39, 0.29) is 16.2 Å². The van der Waals surface area contributed by atoms with Gasteiger partial charge in [0.2, 0.25) is 10.0 Å². The van der Waals surface area contributed by atoms with Gasteiger partial charge in [0.1, 0.15) is 11.3 Å². The van der Waals surface area contributed by atoms with E-state index in [0.717, 1.165) is 30.6 Å². The van der Waals surface area contributed by atoms with Crippen LogP contribution in [0.25, 0.3) is 0 Å². The van der Waals surface area contributed by atoms with Crippen molar-refractivity contribution in [2.45, 2.75) is 37.1 Å². The van der Waals surface area contributed by atoms with E-state index in [1.54, 1.807) is 0 Å². The van der Waals surface area contributed by atoms with Gasteiger partial charge < -0.3 is 14.8 Å². The van der Waals surface area contributed by atoms with E-state index >= 15 is 0 Å². The van der Waals surface area contributed by atoms with Gasteiger partial charge in [-0.1, -0.05) is 18.9 Å². The number of amides is 1. The van der Waals surface area contributed by atoms with Crippen LogP contribution in [0.5, 0.6) is 5.75 Å². The number of nitrogens with zero attached hydrogens (tertiary/aromatic N) is 1. The summed E-state index contributed by atoms with van der Waals surface area (Å²) in [6.07, 6.45) is 3.62. The molecule has 3 rings (SSSR count). The number of methoxy groups -OCH3 is 1. The Morgan fingerprint density at radius 3 is 2.52 bits per heavy atom. The van der Waals surface area contributed by atoms with Crippen LogP contribution >= 0.6 is 11.3 Å². The second kappa shape index (κ2) is 10.7. The molecule has 0 spiro atoms. The zero-order valence-electron chi connectivity index (χ0n) is 17.3. The lowest BCUT2D eigenvalue weighted by molar-refractivity contribution is -0.124. The number of rotatable bonds is 8. The molecule has 0 atom stereocenters. The lowest BCUT2D eigenvalue weighted by Gasteiger charge is -2.20. The van der Waals surface area contributed by atoms with Crippen molar-refractivity contribution in [1.82, 2.24) is 9.62 Å². The summed E-state index contributed by atoms with van der Waals surface area (Å²) in [7, 11) is -2.36. The van der Waals surface area contributed by atoms with Gasteiger partial charge in [-0.2, -0.15) is 4.31 Å². The summed E-state index contributed by atoms with van der Waals surface area (Å²) in [5, 5.41) is 4.57. The van der Waals surface area contributed by atoms with Gasteiger partial charge >= 0.3 is 5.97 Å². The van der Waals surface area contributed by atoms with E-state index in [1.807, 2.05) is 17.5 Å². The Hall–Kier alpha value is -2.43. The number of benzene rings is 1. The molecular formula is C21H26N2O6S2. The first-order valence-corrected chi connectivity index (χ1v) is 12.4. The fraction of sp³-hybridized carbons (Fsp3) is 0.429. The zero-order valence-corrected chi connectivity index (χ0v) is 19.0. The van der Waals surface area contributed by atoms with Crippen molar-refractivity contribution in [3.05, 3.63) is 46.2 Å². The van der Waals surface area contributed by atoms with Gasteiger partial charge in [-0.25, -0.2) is 13.2 Å². The molecule has 0 bridgehead atoms. The summed E-state index contributed by atoms with van der Waals surface area (Å²) in [5.41, 5.74) is -0.0375. The molecule has 1 aliphatic heterocycles. The fourth-order valence-corrected chi connectivity index (χ4v) is 5.49. The lowest BCUT2D eigenvalue weighted by Crippen LogP contribution is -2.32. The van der Waals surface area contributed by atoms with E-state index in [9.17, 15) is 18.0 Å². The van der Waals surface area contributed by atoms with Crippen LogP contribution in [0.3, 0.4) is 0 Å². The highest BCUT2D eigenvalue weighted by Gasteiger charge is 2.27. The SMILES string of the molecule is COc1ccc(S(=O)(=O)N2CCCCCC2)cc1C(=O)OCC(=O)NCc1cccs1. The minimum atomic E-state index is -3.74. The average molecular weight is 467 g/mol. The first kappa shape index (κ1) is 23.2. The van der Waals surface area contributed by atoms with Crippen LogP contribution in [-0.2, 0) is 26.1 Å². The maximum absolute atomic E-state index is 13.0. The normalized spacial score (nSPS) is 15.1. The van der Waals surface area contributed by atoms with Gasteiger partial charge in [-0.05, 0) is 42.5 Å².